The molecule has 3 aromatic carbocycles. The molecule has 1 aliphatic heterocycles. The lowest BCUT2D eigenvalue weighted by Gasteiger charge is -2.30. The second kappa shape index (κ2) is 11.3. The highest BCUT2D eigenvalue weighted by atomic mass is 32.2. The zero-order valence-corrected chi connectivity index (χ0v) is 25.5. The molecule has 0 fully saturated rings. The van der Waals surface area contributed by atoms with E-state index in [0.717, 1.165) is 25.9 Å². The summed E-state index contributed by atoms with van der Waals surface area (Å²) < 4.78 is 3.80. The van der Waals surface area contributed by atoms with Crippen molar-refractivity contribution in [2.45, 2.75) is 52.0 Å². The first-order chi connectivity index (χ1) is 19.4. The van der Waals surface area contributed by atoms with Crippen molar-refractivity contribution in [3.8, 4) is 11.1 Å². The molecule has 2 heterocycles. The van der Waals surface area contributed by atoms with Crippen molar-refractivity contribution >= 4 is 45.1 Å². The summed E-state index contributed by atoms with van der Waals surface area (Å²) in [5, 5.41) is 2.63. The summed E-state index contributed by atoms with van der Waals surface area (Å²) in [6, 6.07) is 26.3. The molecular weight excluding hydrogens is 525 g/mol. The molecule has 0 radical (unpaired) electrons. The zero-order chi connectivity index (χ0) is 27.7. The maximum absolute atomic E-state index is 2.44. The molecule has 0 spiro atoms. The van der Waals surface area contributed by atoms with Gasteiger partial charge in [-0.1, -0.05) is 104 Å². The summed E-state index contributed by atoms with van der Waals surface area (Å²) in [7, 11) is 0. The average molecular weight is 562 g/mol. The number of fused-ring (bicyclic) bond motifs is 2. The van der Waals surface area contributed by atoms with E-state index >= 15 is 0 Å². The minimum atomic E-state index is 0.239. The van der Waals surface area contributed by atoms with Crippen LogP contribution in [0.15, 0.2) is 118 Å². The fourth-order valence-corrected chi connectivity index (χ4v) is 8.29. The SMILES string of the molecule is CCN1C(=CC=CC2=CC(=Cc3sc4ccccc4[n+]3CC)CC(C)(C)C2)Sc2ccc(-c3ccccc3)cc21. The number of nitrogens with zero attached hydrogens (tertiary/aromatic N) is 2. The Bertz CT molecular complexity index is 1670. The van der Waals surface area contributed by atoms with E-state index in [0.29, 0.717) is 0 Å². The van der Waals surface area contributed by atoms with Gasteiger partial charge in [0.2, 0.25) is 5.52 Å². The van der Waals surface area contributed by atoms with Gasteiger partial charge >= 0.3 is 0 Å². The molecule has 0 amide bonds. The molecule has 202 valence electrons. The van der Waals surface area contributed by atoms with Crippen molar-refractivity contribution in [1.29, 1.82) is 0 Å². The van der Waals surface area contributed by atoms with Crippen molar-refractivity contribution in [3.63, 3.8) is 0 Å². The highest BCUT2D eigenvalue weighted by molar-refractivity contribution is 8.03. The third kappa shape index (κ3) is 5.48. The van der Waals surface area contributed by atoms with Crippen LogP contribution in [0.2, 0.25) is 0 Å². The van der Waals surface area contributed by atoms with Crippen LogP contribution >= 0.6 is 23.1 Å². The van der Waals surface area contributed by atoms with Crippen LogP contribution in [0.4, 0.5) is 5.69 Å². The normalized spacial score (nSPS) is 18.7. The Morgan fingerprint density at radius 2 is 1.73 bits per heavy atom. The van der Waals surface area contributed by atoms with Crippen LogP contribution < -0.4 is 9.47 Å². The number of anilines is 1. The lowest BCUT2D eigenvalue weighted by atomic mass is 9.75. The molecule has 0 bridgehead atoms. The van der Waals surface area contributed by atoms with E-state index in [1.165, 1.54) is 53.1 Å². The molecule has 4 heteroatoms. The van der Waals surface area contributed by atoms with Gasteiger partial charge in [0.05, 0.1) is 10.7 Å². The monoisotopic (exact) mass is 561 g/mol. The predicted molar refractivity (Wildman–Crippen MR) is 175 cm³/mol. The molecule has 2 aliphatic rings. The van der Waals surface area contributed by atoms with Gasteiger partial charge in [-0.3, -0.25) is 0 Å². The molecule has 4 aromatic rings. The number of allylic oxidation sites excluding steroid dienone is 6. The number of benzene rings is 3. The maximum Gasteiger partial charge on any atom is 0.263 e. The molecule has 1 aliphatic carbocycles. The van der Waals surface area contributed by atoms with Gasteiger partial charge in [-0.05, 0) is 78.7 Å². The second-order valence-corrected chi connectivity index (χ2v) is 13.5. The minimum Gasteiger partial charge on any atom is -0.335 e. The molecule has 0 unspecified atom stereocenters. The molecule has 40 heavy (non-hydrogen) atoms. The van der Waals surface area contributed by atoms with Gasteiger partial charge in [0.1, 0.15) is 11.2 Å². The van der Waals surface area contributed by atoms with Crippen molar-refractivity contribution < 1.29 is 4.57 Å². The van der Waals surface area contributed by atoms with Crippen LogP contribution in [0.3, 0.4) is 0 Å². The van der Waals surface area contributed by atoms with Crippen LogP contribution in [0.5, 0.6) is 0 Å². The van der Waals surface area contributed by atoms with Gasteiger partial charge in [0, 0.05) is 23.6 Å². The van der Waals surface area contributed by atoms with E-state index in [1.54, 1.807) is 0 Å². The largest absolute Gasteiger partial charge is 0.335 e. The summed E-state index contributed by atoms with van der Waals surface area (Å²) in [4.78, 5) is 3.77. The highest BCUT2D eigenvalue weighted by Crippen LogP contribution is 2.47. The number of rotatable bonds is 6. The first-order valence-electron chi connectivity index (χ1n) is 14.3. The number of aryl methyl sites for hydroxylation is 1. The number of hydrogen-bond donors (Lipinski definition) is 0. The Kier molecular flexibility index (Phi) is 7.57. The Hall–Kier alpha value is -3.34. The number of thiazole rings is 1. The van der Waals surface area contributed by atoms with Crippen LogP contribution in [0, 0.1) is 5.41 Å². The number of para-hydroxylation sites is 1. The summed E-state index contributed by atoms with van der Waals surface area (Å²) in [6.07, 6.45) is 13.9. The topological polar surface area (TPSA) is 7.12 Å². The van der Waals surface area contributed by atoms with Gasteiger partial charge in [0.25, 0.3) is 5.01 Å². The van der Waals surface area contributed by atoms with Crippen LogP contribution in [0.25, 0.3) is 27.4 Å². The molecule has 1 aromatic heterocycles. The van der Waals surface area contributed by atoms with Crippen LogP contribution in [-0.4, -0.2) is 6.54 Å². The first-order valence-corrected chi connectivity index (χ1v) is 15.9. The van der Waals surface area contributed by atoms with Crippen LogP contribution in [-0.2, 0) is 6.54 Å². The fourth-order valence-electron chi connectivity index (χ4n) is 5.97. The Labute approximate surface area is 247 Å². The van der Waals surface area contributed by atoms with Crippen molar-refractivity contribution in [2.75, 3.05) is 11.4 Å². The summed E-state index contributed by atoms with van der Waals surface area (Å²) >= 11 is 3.77. The number of thioether (sulfide) groups is 1. The van der Waals surface area contributed by atoms with Gasteiger partial charge in [0.15, 0.2) is 0 Å². The maximum atomic E-state index is 2.44. The first kappa shape index (κ1) is 26.9. The smallest absolute Gasteiger partial charge is 0.263 e. The van der Waals surface area contributed by atoms with E-state index in [2.05, 4.69) is 140 Å². The minimum absolute atomic E-state index is 0.239. The third-order valence-electron chi connectivity index (χ3n) is 7.70. The molecule has 0 saturated carbocycles. The molecule has 6 rings (SSSR count). The average Bonchev–Trinajstić information content (AvgIpc) is 3.48. The van der Waals surface area contributed by atoms with Gasteiger partial charge in [-0.15, -0.1) is 0 Å². The molecule has 0 atom stereocenters. The Morgan fingerprint density at radius 3 is 2.52 bits per heavy atom. The number of aromatic nitrogens is 1. The fraction of sp³-hybridized carbons (Fsp3) is 0.250. The predicted octanol–water partition coefficient (Wildman–Crippen LogP) is 10.0. The van der Waals surface area contributed by atoms with Crippen LogP contribution in [0.1, 0.15) is 45.5 Å². The van der Waals surface area contributed by atoms with Gasteiger partial charge in [-0.25, -0.2) is 0 Å². The standard InChI is InChI=1S/C36H37N2S2/c1-5-37-30-16-10-11-17-32(30)40-35(37)22-27-21-26(24-36(3,4)25-27)13-12-18-34-38(6-2)31-23-29(19-20-33(31)39-34)28-14-8-7-9-15-28/h7-23H,5-6,24-25H2,1-4H3/q+1. The molecule has 2 nitrogen and oxygen atoms in total. The second-order valence-electron chi connectivity index (χ2n) is 11.4. The van der Waals surface area contributed by atoms with Crippen molar-refractivity contribution in [2.24, 2.45) is 5.41 Å². The lowest BCUT2D eigenvalue weighted by Crippen LogP contribution is -2.33. The Balaban J connectivity index is 1.26. The molecule has 0 saturated heterocycles. The van der Waals surface area contributed by atoms with Gasteiger partial charge < -0.3 is 4.90 Å². The summed E-state index contributed by atoms with van der Waals surface area (Å²) in [5.74, 6) is 0. The van der Waals surface area contributed by atoms with Gasteiger partial charge in [-0.2, -0.15) is 4.57 Å². The molecular formula is C36H37N2S2+. The lowest BCUT2D eigenvalue weighted by molar-refractivity contribution is -0.665. The van der Waals surface area contributed by atoms with Crippen molar-refractivity contribution in [1.82, 2.24) is 0 Å². The summed E-state index contributed by atoms with van der Waals surface area (Å²) in [6.45, 7) is 11.2. The van der Waals surface area contributed by atoms with Crippen molar-refractivity contribution in [3.05, 3.63) is 118 Å². The quantitative estimate of drug-likeness (QED) is 0.216. The third-order valence-corrected chi connectivity index (χ3v) is 9.94. The zero-order valence-electron chi connectivity index (χ0n) is 23.9. The molecule has 0 N–H and O–H groups in total. The Morgan fingerprint density at radius 1 is 0.925 bits per heavy atom. The van der Waals surface area contributed by atoms with E-state index in [1.807, 2.05) is 23.1 Å². The van der Waals surface area contributed by atoms with E-state index in [9.17, 15) is 0 Å². The van der Waals surface area contributed by atoms with E-state index in [-0.39, 0.29) is 5.41 Å². The highest BCUT2D eigenvalue weighted by Gasteiger charge is 2.27. The summed E-state index contributed by atoms with van der Waals surface area (Å²) in [5.41, 5.74) is 8.24. The van der Waals surface area contributed by atoms with E-state index in [4.69, 9.17) is 0 Å². The van der Waals surface area contributed by atoms with E-state index < -0.39 is 0 Å². The number of hydrogen-bond acceptors (Lipinski definition) is 3.